The summed E-state index contributed by atoms with van der Waals surface area (Å²) < 4.78 is 36.7. The minimum Gasteiger partial charge on any atom is -0.469 e. The summed E-state index contributed by atoms with van der Waals surface area (Å²) in [6, 6.07) is 1.67. The predicted octanol–water partition coefficient (Wildman–Crippen LogP) is 0.675. The Morgan fingerprint density at radius 1 is 1.33 bits per heavy atom. The van der Waals surface area contributed by atoms with E-state index in [1.165, 1.54) is 28.5 Å². The molecule has 5 rings (SSSR count). The van der Waals surface area contributed by atoms with Crippen LogP contribution in [0.1, 0.15) is 36.6 Å². The molecule has 33 heavy (non-hydrogen) atoms. The quantitative estimate of drug-likeness (QED) is 0.632. The first-order chi connectivity index (χ1) is 15.8. The van der Waals surface area contributed by atoms with Crippen molar-refractivity contribution in [1.82, 2.24) is 18.4 Å². The lowest BCUT2D eigenvalue weighted by Gasteiger charge is -2.36. The number of carbonyl (C=O) groups is 1. The van der Waals surface area contributed by atoms with Gasteiger partial charge in [-0.05, 0) is 37.0 Å². The van der Waals surface area contributed by atoms with E-state index >= 15 is 0 Å². The molecule has 1 aliphatic carbocycles. The summed E-state index contributed by atoms with van der Waals surface area (Å²) in [4.78, 5) is 30.3. The number of nitrogens with zero attached hydrogens (tertiary/aromatic N) is 4. The van der Waals surface area contributed by atoms with E-state index in [4.69, 9.17) is 4.74 Å². The Kier molecular flexibility index (Phi) is 5.30. The molecule has 1 N–H and O–H groups in total. The van der Waals surface area contributed by atoms with Gasteiger partial charge in [-0.3, -0.25) is 9.59 Å². The molecule has 0 unspecified atom stereocenters. The lowest BCUT2D eigenvalue weighted by atomic mass is 9.87. The second-order valence-electron chi connectivity index (χ2n) is 8.83. The zero-order chi connectivity index (χ0) is 23.5. The van der Waals surface area contributed by atoms with Gasteiger partial charge in [-0.2, -0.15) is 4.31 Å². The third kappa shape index (κ3) is 3.21. The number of methoxy groups -OCH3 is 1. The molecule has 2 bridgehead atoms. The van der Waals surface area contributed by atoms with E-state index in [2.05, 4.69) is 11.1 Å². The number of allylic oxidation sites excluding steroid dienone is 2. The third-order valence-corrected chi connectivity index (χ3v) is 8.86. The van der Waals surface area contributed by atoms with Gasteiger partial charge in [0.15, 0.2) is 5.03 Å². The van der Waals surface area contributed by atoms with Crippen LogP contribution in [0.4, 0.5) is 0 Å². The number of carbonyl (C=O) groups excluding carboxylic acids is 1. The van der Waals surface area contributed by atoms with Crippen molar-refractivity contribution in [2.24, 2.45) is 18.9 Å². The summed E-state index contributed by atoms with van der Waals surface area (Å²) in [5.41, 5.74) is 1.82. The molecule has 2 aliphatic heterocycles. The number of aryl methyl sites for hydroxylation is 1. The summed E-state index contributed by atoms with van der Waals surface area (Å²) in [5.74, 6) is -2.30. The van der Waals surface area contributed by atoms with Crippen molar-refractivity contribution in [3.05, 3.63) is 52.3 Å². The number of hydrogen-bond acceptors (Lipinski definition) is 7. The highest BCUT2D eigenvalue weighted by Crippen LogP contribution is 2.51. The number of pyridine rings is 1. The van der Waals surface area contributed by atoms with E-state index in [0.717, 1.165) is 24.8 Å². The molecular formula is C22H26N4O6S. The van der Waals surface area contributed by atoms with Gasteiger partial charge in [0.1, 0.15) is 0 Å². The fourth-order valence-corrected chi connectivity index (χ4v) is 7.39. The Morgan fingerprint density at radius 2 is 2.12 bits per heavy atom. The van der Waals surface area contributed by atoms with E-state index < -0.39 is 46.5 Å². The van der Waals surface area contributed by atoms with Gasteiger partial charge in [-0.25, -0.2) is 13.4 Å². The van der Waals surface area contributed by atoms with E-state index in [1.807, 2.05) is 0 Å². The summed E-state index contributed by atoms with van der Waals surface area (Å²) in [5, 5.41) is 10.1. The number of fused-ring (bicyclic) bond motifs is 4. The Balaban J connectivity index is 1.70. The molecule has 0 saturated carbocycles. The monoisotopic (exact) mass is 474 g/mol. The highest BCUT2D eigenvalue weighted by Gasteiger charge is 2.60. The number of aliphatic hydroxyl groups excluding tert-OH is 1. The molecular weight excluding hydrogens is 448 g/mol. The van der Waals surface area contributed by atoms with Gasteiger partial charge in [0.05, 0.1) is 25.4 Å². The molecule has 0 amide bonds. The minimum atomic E-state index is -4.12. The molecule has 3 aliphatic rings. The Hall–Kier alpha value is -2.76. The number of rotatable bonds is 5. The second-order valence-corrected chi connectivity index (χ2v) is 10.6. The molecule has 11 heteroatoms. The molecule has 1 fully saturated rings. The predicted molar refractivity (Wildman–Crippen MR) is 117 cm³/mol. The van der Waals surface area contributed by atoms with Gasteiger partial charge in [0, 0.05) is 49.6 Å². The molecule has 1 saturated heterocycles. The molecule has 10 nitrogen and oxygen atoms in total. The van der Waals surface area contributed by atoms with Crippen LogP contribution < -0.4 is 5.56 Å². The smallest absolute Gasteiger partial charge is 0.311 e. The average molecular weight is 475 g/mol. The van der Waals surface area contributed by atoms with Crippen LogP contribution in [-0.4, -0.2) is 57.7 Å². The summed E-state index contributed by atoms with van der Waals surface area (Å²) in [6.07, 6.45) is 7.59. The molecule has 4 atom stereocenters. The van der Waals surface area contributed by atoms with Gasteiger partial charge in [-0.15, -0.1) is 0 Å². The zero-order valence-electron chi connectivity index (χ0n) is 18.4. The lowest BCUT2D eigenvalue weighted by molar-refractivity contribution is -0.148. The number of aromatic nitrogens is 3. The van der Waals surface area contributed by atoms with Crippen molar-refractivity contribution in [3.63, 3.8) is 0 Å². The van der Waals surface area contributed by atoms with Crippen molar-refractivity contribution in [2.75, 3.05) is 13.7 Å². The molecule has 0 aromatic carbocycles. The largest absolute Gasteiger partial charge is 0.469 e. The number of sulfonamides is 1. The van der Waals surface area contributed by atoms with Crippen molar-refractivity contribution >= 4 is 21.6 Å². The highest BCUT2D eigenvalue weighted by atomic mass is 32.2. The highest BCUT2D eigenvalue weighted by molar-refractivity contribution is 7.89. The summed E-state index contributed by atoms with van der Waals surface area (Å²) in [7, 11) is -1.22. The van der Waals surface area contributed by atoms with Crippen LogP contribution in [0.25, 0.3) is 5.57 Å². The maximum Gasteiger partial charge on any atom is 0.311 e. The van der Waals surface area contributed by atoms with E-state index in [-0.39, 0.29) is 17.1 Å². The van der Waals surface area contributed by atoms with Crippen LogP contribution in [-0.2, 0) is 33.1 Å². The Bertz CT molecular complexity index is 1310. The average Bonchev–Trinajstić information content (AvgIpc) is 3.52. The van der Waals surface area contributed by atoms with Crippen LogP contribution in [0, 0.1) is 11.8 Å². The fraction of sp³-hybridized carbons (Fsp3) is 0.500. The Labute approximate surface area is 191 Å². The normalized spacial score (nSPS) is 26.8. The Morgan fingerprint density at radius 3 is 2.73 bits per heavy atom. The SMILES string of the molecule is COC(=O)[C@H]1[C@H](CO)[C@H]2Cn3c(ccc(C4=CCCC4)c3=O)[C@@H]1N2S(=O)(=O)c1cn(C)cn1. The molecule has 2 aromatic heterocycles. The number of ether oxygens (including phenoxy) is 1. The van der Waals surface area contributed by atoms with Crippen LogP contribution in [0.2, 0.25) is 0 Å². The molecule has 0 spiro atoms. The molecule has 176 valence electrons. The van der Waals surface area contributed by atoms with E-state index in [1.54, 1.807) is 23.7 Å². The lowest BCUT2D eigenvalue weighted by Crippen LogP contribution is -2.49. The molecule has 0 radical (unpaired) electrons. The van der Waals surface area contributed by atoms with Crippen LogP contribution in [0.5, 0.6) is 0 Å². The summed E-state index contributed by atoms with van der Waals surface area (Å²) in [6.45, 7) is -0.382. The number of imidazole rings is 1. The second kappa shape index (κ2) is 7.93. The van der Waals surface area contributed by atoms with Gasteiger partial charge < -0.3 is 19.0 Å². The number of hydrogen-bond donors (Lipinski definition) is 1. The van der Waals surface area contributed by atoms with E-state index in [9.17, 15) is 23.1 Å². The van der Waals surface area contributed by atoms with Crippen LogP contribution >= 0.6 is 0 Å². The number of esters is 1. The molecule has 4 heterocycles. The maximum absolute atomic E-state index is 13.7. The van der Waals surface area contributed by atoms with Gasteiger partial charge in [-0.1, -0.05) is 6.08 Å². The first kappa shape index (κ1) is 22.1. The van der Waals surface area contributed by atoms with Crippen LogP contribution in [0.3, 0.4) is 0 Å². The summed E-state index contributed by atoms with van der Waals surface area (Å²) >= 11 is 0. The topological polar surface area (TPSA) is 124 Å². The van der Waals surface area contributed by atoms with Gasteiger partial charge in [0.2, 0.25) is 0 Å². The first-order valence-corrected chi connectivity index (χ1v) is 12.4. The molecule has 2 aromatic rings. The van der Waals surface area contributed by atoms with Gasteiger partial charge >= 0.3 is 5.97 Å². The standard InChI is InChI=1S/C22H26N4O6S/c1-24-10-18(23-12-24)33(30,31)26-17-9-25-16(20(26)19(15(17)11-27)22(29)32-2)8-7-14(21(25)28)13-5-3-4-6-13/h5,7-8,10,12,15,17,19-20,27H,3-4,6,9,11H2,1-2H3/t15-,17-,19+,20+/m1/s1. The minimum absolute atomic E-state index is 0.0383. The van der Waals surface area contributed by atoms with E-state index in [0.29, 0.717) is 11.3 Å². The van der Waals surface area contributed by atoms with Crippen molar-refractivity contribution in [1.29, 1.82) is 0 Å². The van der Waals surface area contributed by atoms with Crippen molar-refractivity contribution < 1.29 is 23.1 Å². The fourth-order valence-electron chi connectivity index (χ4n) is 5.58. The first-order valence-electron chi connectivity index (χ1n) is 10.9. The van der Waals surface area contributed by atoms with Crippen LogP contribution in [0.15, 0.2) is 40.6 Å². The van der Waals surface area contributed by atoms with Gasteiger partial charge in [0.25, 0.3) is 15.6 Å². The van der Waals surface area contributed by atoms with Crippen molar-refractivity contribution in [3.8, 4) is 0 Å². The number of aliphatic hydroxyl groups is 1. The third-order valence-electron chi connectivity index (χ3n) is 7.07. The zero-order valence-corrected chi connectivity index (χ0v) is 19.2. The van der Waals surface area contributed by atoms with Crippen molar-refractivity contribution in [2.45, 2.75) is 42.9 Å². The maximum atomic E-state index is 13.7.